The number of aromatic nitrogens is 1. The average Bonchev–Trinajstić information content (AvgIpc) is 2.51. The second kappa shape index (κ2) is 6.93. The summed E-state index contributed by atoms with van der Waals surface area (Å²) in [5.74, 6) is -1.25. The van der Waals surface area contributed by atoms with Crippen LogP contribution in [0.5, 0.6) is 0 Å². The number of aromatic amines is 1. The monoisotopic (exact) mass is 338 g/mol. The first-order chi connectivity index (χ1) is 10.8. The average molecular weight is 339 g/mol. The first-order valence-corrected chi connectivity index (χ1v) is 7.30. The van der Waals surface area contributed by atoms with E-state index in [2.05, 4.69) is 10.3 Å². The molecule has 122 valence electrons. The lowest BCUT2D eigenvalue weighted by Gasteiger charge is -2.14. The van der Waals surface area contributed by atoms with Crippen molar-refractivity contribution in [2.45, 2.75) is 20.0 Å². The van der Waals surface area contributed by atoms with Crippen LogP contribution in [-0.4, -0.2) is 22.5 Å². The van der Waals surface area contributed by atoms with Crippen molar-refractivity contribution in [1.29, 1.82) is 0 Å². The van der Waals surface area contributed by atoms with E-state index in [4.69, 9.17) is 11.6 Å². The van der Waals surface area contributed by atoms with E-state index >= 15 is 0 Å². The molecule has 7 heteroatoms. The summed E-state index contributed by atoms with van der Waals surface area (Å²) in [5, 5.41) is 12.7. The lowest BCUT2D eigenvalue weighted by molar-refractivity contribution is 0.0912. The van der Waals surface area contributed by atoms with Gasteiger partial charge in [0.1, 0.15) is 11.4 Å². The first-order valence-electron chi connectivity index (χ1n) is 6.92. The minimum atomic E-state index is -1.22. The summed E-state index contributed by atoms with van der Waals surface area (Å²) in [4.78, 5) is 26.6. The fraction of sp³-hybridized carbons (Fsp3) is 0.250. The minimum Gasteiger partial charge on any atom is -0.386 e. The van der Waals surface area contributed by atoms with Crippen LogP contribution < -0.4 is 10.9 Å². The highest BCUT2D eigenvalue weighted by Gasteiger charge is 2.19. The number of rotatable bonds is 4. The third-order valence-corrected chi connectivity index (χ3v) is 4.08. The smallest absolute Gasteiger partial charge is 0.261 e. The summed E-state index contributed by atoms with van der Waals surface area (Å²) in [7, 11) is 0. The normalized spacial score (nSPS) is 12.0. The van der Waals surface area contributed by atoms with Crippen LogP contribution in [0.3, 0.4) is 0 Å². The van der Waals surface area contributed by atoms with Crippen molar-refractivity contribution in [1.82, 2.24) is 10.3 Å². The van der Waals surface area contributed by atoms with E-state index in [0.29, 0.717) is 16.3 Å². The van der Waals surface area contributed by atoms with E-state index in [0.717, 1.165) is 0 Å². The van der Waals surface area contributed by atoms with Crippen molar-refractivity contribution in [2.24, 2.45) is 0 Å². The Kier molecular flexibility index (Phi) is 5.18. The molecule has 5 nitrogen and oxygen atoms in total. The van der Waals surface area contributed by atoms with Gasteiger partial charge < -0.3 is 15.4 Å². The molecule has 1 aromatic heterocycles. The molecule has 2 aromatic rings. The van der Waals surface area contributed by atoms with Gasteiger partial charge >= 0.3 is 0 Å². The molecule has 1 amide bonds. The molecule has 0 spiro atoms. The van der Waals surface area contributed by atoms with Gasteiger partial charge in [-0.05, 0) is 25.5 Å². The SMILES string of the molecule is Cc1[nH]c(=O)c(C(=O)NCC(O)c2ccccc2F)c(C)c1Cl. The number of hydrogen-bond donors (Lipinski definition) is 3. The standard InChI is InChI=1S/C16H16ClFN2O3/c1-8-13(16(23)20-9(2)14(8)17)15(22)19-7-12(21)10-5-3-4-6-11(10)18/h3-6,12,21H,7H2,1-2H3,(H,19,22)(H,20,23). The molecule has 0 aliphatic heterocycles. The highest BCUT2D eigenvalue weighted by Crippen LogP contribution is 2.19. The van der Waals surface area contributed by atoms with Crippen molar-refractivity contribution in [3.8, 4) is 0 Å². The van der Waals surface area contributed by atoms with Crippen molar-refractivity contribution < 1.29 is 14.3 Å². The number of H-pyrrole nitrogens is 1. The Morgan fingerprint density at radius 3 is 2.70 bits per heavy atom. The number of aryl methyl sites for hydroxylation is 1. The number of halogens is 2. The third-order valence-electron chi connectivity index (χ3n) is 3.51. The molecule has 2 rings (SSSR count). The number of carbonyl (C=O) groups excluding carboxylic acids is 1. The van der Waals surface area contributed by atoms with Crippen molar-refractivity contribution in [3.63, 3.8) is 0 Å². The zero-order chi connectivity index (χ0) is 17.1. The molecule has 0 aliphatic rings. The quantitative estimate of drug-likeness (QED) is 0.799. The fourth-order valence-electron chi connectivity index (χ4n) is 2.26. The highest BCUT2D eigenvalue weighted by molar-refractivity contribution is 6.32. The Hall–Kier alpha value is -2.18. The first kappa shape index (κ1) is 17.2. The largest absolute Gasteiger partial charge is 0.386 e. The van der Waals surface area contributed by atoms with Crippen LogP contribution in [0.25, 0.3) is 0 Å². The van der Waals surface area contributed by atoms with E-state index < -0.39 is 23.4 Å². The molecular formula is C16H16ClFN2O3. The maximum atomic E-state index is 13.6. The van der Waals surface area contributed by atoms with Crippen molar-refractivity contribution in [3.05, 3.63) is 67.8 Å². The number of nitrogens with one attached hydrogen (secondary N) is 2. The molecule has 0 fully saturated rings. The fourth-order valence-corrected chi connectivity index (χ4v) is 2.40. The topological polar surface area (TPSA) is 82.2 Å². The van der Waals surface area contributed by atoms with Gasteiger partial charge in [-0.2, -0.15) is 0 Å². The zero-order valence-electron chi connectivity index (χ0n) is 12.6. The molecule has 1 atom stereocenters. The molecule has 0 saturated carbocycles. The van der Waals surface area contributed by atoms with Crippen LogP contribution in [0.1, 0.15) is 33.3 Å². The van der Waals surface area contributed by atoms with Crippen LogP contribution in [0.15, 0.2) is 29.1 Å². The predicted octanol–water partition coefficient (Wildman–Crippen LogP) is 2.25. The van der Waals surface area contributed by atoms with E-state index in [1.165, 1.54) is 18.2 Å². The second-order valence-corrected chi connectivity index (χ2v) is 5.52. The molecule has 0 aliphatic carbocycles. The van der Waals surface area contributed by atoms with Gasteiger partial charge in [-0.15, -0.1) is 0 Å². The van der Waals surface area contributed by atoms with E-state index in [9.17, 15) is 19.1 Å². The molecule has 0 radical (unpaired) electrons. The second-order valence-electron chi connectivity index (χ2n) is 5.14. The van der Waals surface area contributed by atoms with E-state index in [-0.39, 0.29) is 17.7 Å². The maximum Gasteiger partial charge on any atom is 0.261 e. The van der Waals surface area contributed by atoms with E-state index in [1.807, 2.05) is 0 Å². The van der Waals surface area contributed by atoms with Gasteiger partial charge in [-0.25, -0.2) is 4.39 Å². The van der Waals surface area contributed by atoms with Gasteiger partial charge in [0, 0.05) is 17.8 Å². The van der Waals surface area contributed by atoms with Crippen LogP contribution in [-0.2, 0) is 0 Å². The van der Waals surface area contributed by atoms with E-state index in [1.54, 1.807) is 19.9 Å². The zero-order valence-corrected chi connectivity index (χ0v) is 13.4. The highest BCUT2D eigenvalue weighted by atomic mass is 35.5. The number of aliphatic hydroxyl groups is 1. The molecular weight excluding hydrogens is 323 g/mol. The number of aliphatic hydroxyl groups excluding tert-OH is 1. The Bertz CT molecular complexity index is 804. The van der Waals surface area contributed by atoms with Gasteiger partial charge in [0.05, 0.1) is 11.1 Å². The Morgan fingerprint density at radius 2 is 2.04 bits per heavy atom. The summed E-state index contributed by atoms with van der Waals surface area (Å²) in [6.45, 7) is 2.96. The predicted molar refractivity (Wildman–Crippen MR) is 85.2 cm³/mol. The molecule has 1 unspecified atom stereocenters. The molecule has 0 saturated heterocycles. The number of carbonyl (C=O) groups is 1. The van der Waals surface area contributed by atoms with Crippen LogP contribution in [0.4, 0.5) is 4.39 Å². The number of pyridine rings is 1. The summed E-state index contributed by atoms with van der Waals surface area (Å²) >= 11 is 6.03. The third kappa shape index (κ3) is 3.60. The molecule has 0 bridgehead atoms. The van der Waals surface area contributed by atoms with Gasteiger partial charge in [0.2, 0.25) is 0 Å². The maximum absolute atomic E-state index is 13.6. The van der Waals surface area contributed by atoms with Crippen LogP contribution in [0.2, 0.25) is 5.02 Å². The molecule has 3 N–H and O–H groups in total. The number of amides is 1. The lowest BCUT2D eigenvalue weighted by Crippen LogP contribution is -2.34. The molecule has 1 heterocycles. The van der Waals surface area contributed by atoms with Crippen LogP contribution >= 0.6 is 11.6 Å². The summed E-state index contributed by atoms with van der Waals surface area (Å²) in [6, 6.07) is 5.72. The Labute approximate surface area is 137 Å². The van der Waals surface area contributed by atoms with Crippen molar-refractivity contribution in [2.75, 3.05) is 6.54 Å². The number of hydrogen-bond acceptors (Lipinski definition) is 3. The van der Waals surface area contributed by atoms with Gasteiger partial charge in [-0.3, -0.25) is 9.59 Å². The van der Waals surface area contributed by atoms with Gasteiger partial charge in [0.15, 0.2) is 0 Å². The molecule has 23 heavy (non-hydrogen) atoms. The van der Waals surface area contributed by atoms with Crippen LogP contribution in [0, 0.1) is 19.7 Å². The summed E-state index contributed by atoms with van der Waals surface area (Å²) < 4.78 is 13.6. The summed E-state index contributed by atoms with van der Waals surface area (Å²) in [6.07, 6.45) is -1.22. The van der Waals surface area contributed by atoms with Gasteiger partial charge in [-0.1, -0.05) is 29.8 Å². The summed E-state index contributed by atoms with van der Waals surface area (Å²) in [5.41, 5.74) is 0.201. The number of benzene rings is 1. The Balaban J connectivity index is 2.17. The van der Waals surface area contributed by atoms with Crippen molar-refractivity contribution >= 4 is 17.5 Å². The minimum absolute atomic E-state index is 0.0698. The van der Waals surface area contributed by atoms with Gasteiger partial charge in [0.25, 0.3) is 11.5 Å². The Morgan fingerprint density at radius 1 is 1.39 bits per heavy atom. The lowest BCUT2D eigenvalue weighted by atomic mass is 10.1. The molecule has 1 aromatic carbocycles.